The lowest BCUT2D eigenvalue weighted by Gasteiger charge is -2.19. The quantitative estimate of drug-likeness (QED) is 0.731. The van der Waals surface area contributed by atoms with Crippen molar-refractivity contribution in [3.05, 3.63) is 65.2 Å². The van der Waals surface area contributed by atoms with E-state index in [0.29, 0.717) is 17.2 Å². The number of nitrogens with one attached hydrogen (secondary N) is 2. The highest BCUT2D eigenvalue weighted by atomic mass is 16.5. The van der Waals surface area contributed by atoms with Gasteiger partial charge in [-0.2, -0.15) is 0 Å². The molecule has 2 amide bonds. The van der Waals surface area contributed by atoms with Crippen molar-refractivity contribution in [3.8, 4) is 5.75 Å². The monoisotopic (exact) mass is 382 g/mol. The van der Waals surface area contributed by atoms with Crippen LogP contribution in [0.15, 0.2) is 48.5 Å². The van der Waals surface area contributed by atoms with Gasteiger partial charge in [0.15, 0.2) is 6.61 Å². The highest BCUT2D eigenvalue weighted by molar-refractivity contribution is 5.95. The third-order valence-electron chi connectivity index (χ3n) is 4.76. The summed E-state index contributed by atoms with van der Waals surface area (Å²) in [5.74, 6) is 0.314. The normalized spacial score (nSPS) is 12.2. The van der Waals surface area contributed by atoms with Crippen molar-refractivity contribution in [2.75, 3.05) is 6.61 Å². The fraction of sp³-hybridized carbons (Fsp3) is 0.391. The summed E-state index contributed by atoms with van der Waals surface area (Å²) in [6.07, 6.45) is 1.07. The molecule has 0 spiro atoms. The van der Waals surface area contributed by atoms with Crippen LogP contribution in [0.1, 0.15) is 68.4 Å². The smallest absolute Gasteiger partial charge is 0.276 e. The second kappa shape index (κ2) is 9.40. The van der Waals surface area contributed by atoms with Crippen LogP contribution in [0.4, 0.5) is 0 Å². The van der Waals surface area contributed by atoms with E-state index < -0.39 is 5.91 Å². The summed E-state index contributed by atoms with van der Waals surface area (Å²) in [7, 11) is 0. The van der Waals surface area contributed by atoms with Gasteiger partial charge in [-0.1, -0.05) is 58.9 Å². The van der Waals surface area contributed by atoms with Gasteiger partial charge in [0, 0.05) is 5.56 Å². The van der Waals surface area contributed by atoms with E-state index in [9.17, 15) is 9.59 Å². The molecule has 0 fully saturated rings. The van der Waals surface area contributed by atoms with Crippen LogP contribution < -0.4 is 15.6 Å². The van der Waals surface area contributed by atoms with E-state index >= 15 is 0 Å². The lowest BCUT2D eigenvalue weighted by molar-refractivity contribution is -0.123. The predicted octanol–water partition coefficient (Wildman–Crippen LogP) is 4.34. The van der Waals surface area contributed by atoms with Crippen LogP contribution in [0.3, 0.4) is 0 Å². The Morgan fingerprint density at radius 3 is 2.11 bits per heavy atom. The number of carbonyl (C=O) groups is 2. The molecule has 0 saturated carbocycles. The summed E-state index contributed by atoms with van der Waals surface area (Å²) in [6, 6.07) is 15.0. The zero-order valence-corrected chi connectivity index (χ0v) is 17.3. The molecule has 1 atom stereocenters. The van der Waals surface area contributed by atoms with Crippen LogP contribution in [-0.2, 0) is 10.2 Å². The average molecular weight is 383 g/mol. The number of benzene rings is 2. The third kappa shape index (κ3) is 6.12. The minimum absolute atomic E-state index is 0.0212. The van der Waals surface area contributed by atoms with E-state index in [1.54, 1.807) is 12.1 Å². The summed E-state index contributed by atoms with van der Waals surface area (Å²) < 4.78 is 5.46. The van der Waals surface area contributed by atoms with Crippen molar-refractivity contribution >= 4 is 11.8 Å². The molecule has 0 aliphatic heterocycles. The van der Waals surface area contributed by atoms with Crippen molar-refractivity contribution in [3.63, 3.8) is 0 Å². The fourth-order valence-corrected chi connectivity index (χ4v) is 2.63. The van der Waals surface area contributed by atoms with Crippen molar-refractivity contribution in [2.45, 2.75) is 52.4 Å². The molecule has 0 radical (unpaired) electrons. The molecule has 2 aromatic rings. The van der Waals surface area contributed by atoms with Gasteiger partial charge in [-0.3, -0.25) is 20.4 Å². The molecule has 0 aliphatic rings. The highest BCUT2D eigenvalue weighted by Crippen LogP contribution is 2.22. The number of hydrogen-bond donors (Lipinski definition) is 2. The Balaban J connectivity index is 1.79. The van der Waals surface area contributed by atoms with Crippen LogP contribution >= 0.6 is 0 Å². The minimum Gasteiger partial charge on any atom is -0.484 e. The molecule has 5 heteroatoms. The van der Waals surface area contributed by atoms with E-state index in [4.69, 9.17) is 4.74 Å². The molecule has 0 saturated heterocycles. The van der Waals surface area contributed by atoms with Gasteiger partial charge in [0.05, 0.1) is 0 Å². The van der Waals surface area contributed by atoms with E-state index in [1.165, 1.54) is 5.56 Å². The Morgan fingerprint density at radius 1 is 0.964 bits per heavy atom. The Bertz CT molecular complexity index is 790. The molecule has 0 aliphatic carbocycles. The maximum atomic E-state index is 12.1. The van der Waals surface area contributed by atoms with Gasteiger partial charge in [0.25, 0.3) is 11.8 Å². The number of rotatable bonds is 6. The summed E-state index contributed by atoms with van der Waals surface area (Å²) in [5.41, 5.74) is 7.66. The van der Waals surface area contributed by atoms with Gasteiger partial charge in [0.2, 0.25) is 0 Å². The molecule has 1 unspecified atom stereocenters. The molecule has 28 heavy (non-hydrogen) atoms. The molecule has 2 aromatic carbocycles. The lowest BCUT2D eigenvalue weighted by Crippen LogP contribution is -2.43. The van der Waals surface area contributed by atoms with Gasteiger partial charge < -0.3 is 4.74 Å². The first-order chi connectivity index (χ1) is 13.2. The van der Waals surface area contributed by atoms with Gasteiger partial charge in [-0.15, -0.1) is 0 Å². The van der Waals surface area contributed by atoms with E-state index in [2.05, 4.69) is 45.5 Å². The van der Waals surface area contributed by atoms with Crippen LogP contribution in [0.5, 0.6) is 5.75 Å². The molecule has 150 valence electrons. The third-order valence-corrected chi connectivity index (χ3v) is 4.76. The first kappa shape index (κ1) is 21.5. The number of amides is 2. The average Bonchev–Trinajstić information content (AvgIpc) is 2.69. The maximum absolute atomic E-state index is 12.1. The highest BCUT2D eigenvalue weighted by Gasteiger charge is 2.14. The van der Waals surface area contributed by atoms with Gasteiger partial charge >= 0.3 is 0 Å². The molecule has 2 N–H and O–H groups in total. The molecular weight excluding hydrogens is 352 g/mol. The standard InChI is InChI=1S/C23H30N2O3/c1-6-16(2)17-9-13-20(14-10-17)28-15-21(26)24-25-22(27)18-7-11-19(12-8-18)23(3,4)5/h7-14,16H,6,15H2,1-5H3,(H,24,26)(H,25,27). The summed E-state index contributed by atoms with van der Waals surface area (Å²) in [6.45, 7) is 10.5. The van der Waals surface area contributed by atoms with Crippen molar-refractivity contribution < 1.29 is 14.3 Å². The Labute approximate surface area is 167 Å². The number of carbonyl (C=O) groups excluding carboxylic acids is 2. The van der Waals surface area contributed by atoms with E-state index in [1.807, 2.05) is 36.4 Å². The van der Waals surface area contributed by atoms with Gasteiger partial charge in [-0.25, -0.2) is 0 Å². The molecule has 0 heterocycles. The van der Waals surface area contributed by atoms with Crippen molar-refractivity contribution in [1.82, 2.24) is 10.9 Å². The zero-order chi connectivity index (χ0) is 20.7. The largest absolute Gasteiger partial charge is 0.484 e. The second-order valence-electron chi connectivity index (χ2n) is 8.00. The predicted molar refractivity (Wildman–Crippen MR) is 111 cm³/mol. The first-order valence-corrected chi connectivity index (χ1v) is 9.63. The first-order valence-electron chi connectivity index (χ1n) is 9.63. The topological polar surface area (TPSA) is 67.4 Å². The summed E-state index contributed by atoms with van der Waals surface area (Å²) >= 11 is 0. The molecule has 2 rings (SSSR count). The van der Waals surface area contributed by atoms with Crippen molar-refractivity contribution in [2.24, 2.45) is 0 Å². The Kier molecular flexibility index (Phi) is 7.21. The number of hydrogen-bond acceptors (Lipinski definition) is 3. The maximum Gasteiger partial charge on any atom is 0.276 e. The SMILES string of the molecule is CCC(C)c1ccc(OCC(=O)NNC(=O)c2ccc(C(C)(C)C)cc2)cc1. The Hall–Kier alpha value is -2.82. The fourth-order valence-electron chi connectivity index (χ4n) is 2.63. The minimum atomic E-state index is -0.425. The van der Waals surface area contributed by atoms with E-state index in [-0.39, 0.29) is 17.9 Å². The Morgan fingerprint density at radius 2 is 1.57 bits per heavy atom. The van der Waals surface area contributed by atoms with Gasteiger partial charge in [-0.05, 0) is 53.1 Å². The van der Waals surface area contributed by atoms with E-state index in [0.717, 1.165) is 12.0 Å². The van der Waals surface area contributed by atoms with Crippen LogP contribution in [0, 0.1) is 0 Å². The molecule has 0 bridgehead atoms. The summed E-state index contributed by atoms with van der Waals surface area (Å²) in [4.78, 5) is 24.1. The lowest BCUT2D eigenvalue weighted by atomic mass is 9.87. The van der Waals surface area contributed by atoms with Crippen molar-refractivity contribution in [1.29, 1.82) is 0 Å². The van der Waals surface area contributed by atoms with Gasteiger partial charge in [0.1, 0.15) is 5.75 Å². The zero-order valence-electron chi connectivity index (χ0n) is 17.3. The number of hydrazine groups is 1. The molecule has 5 nitrogen and oxygen atoms in total. The summed E-state index contributed by atoms with van der Waals surface area (Å²) in [5, 5.41) is 0. The van der Waals surface area contributed by atoms with Crippen LogP contribution in [0.2, 0.25) is 0 Å². The second-order valence-corrected chi connectivity index (χ2v) is 8.00. The van der Waals surface area contributed by atoms with Crippen LogP contribution in [0.25, 0.3) is 0 Å². The number of ether oxygens (including phenoxy) is 1. The van der Waals surface area contributed by atoms with Crippen LogP contribution in [-0.4, -0.2) is 18.4 Å². The molecule has 0 aromatic heterocycles. The molecular formula is C23H30N2O3.